The minimum absolute atomic E-state index is 0.345. The fraction of sp³-hybridized carbons (Fsp3) is 0.111. The summed E-state index contributed by atoms with van der Waals surface area (Å²) in [5.41, 5.74) is 6.80. The van der Waals surface area contributed by atoms with Crippen LogP contribution < -0.4 is 14.8 Å². The quantitative estimate of drug-likeness (QED) is 0.318. The van der Waals surface area contributed by atoms with E-state index in [0.717, 1.165) is 45.9 Å². The fourth-order valence-corrected chi connectivity index (χ4v) is 4.66. The maximum atomic E-state index is 6.84. The third-order valence-electron chi connectivity index (χ3n) is 5.92. The predicted octanol–water partition coefficient (Wildman–Crippen LogP) is 6.20. The standard InChI is InChI=1S/C27H21ClN4O2/c1-33-27-23(19-12-13-21-20(16-19)29-14-15-34-21)25(28)30-26-22(17-8-4-2-5-9-17)24(31-32(26)27)18-10-6-3-7-11-18/h2-13,16,29H,14-15H2,1H3. The van der Waals surface area contributed by atoms with E-state index >= 15 is 0 Å². The zero-order valence-corrected chi connectivity index (χ0v) is 19.2. The van der Waals surface area contributed by atoms with Crippen LogP contribution in [-0.4, -0.2) is 34.9 Å². The summed E-state index contributed by atoms with van der Waals surface area (Å²) < 4.78 is 13.4. The molecule has 1 N–H and O–H groups in total. The van der Waals surface area contributed by atoms with Crippen molar-refractivity contribution in [2.75, 3.05) is 25.6 Å². The lowest BCUT2D eigenvalue weighted by Crippen LogP contribution is -2.17. The monoisotopic (exact) mass is 468 g/mol. The number of rotatable bonds is 4. The van der Waals surface area contributed by atoms with Gasteiger partial charge in [0.15, 0.2) is 5.65 Å². The molecule has 5 aromatic rings. The number of halogens is 1. The van der Waals surface area contributed by atoms with E-state index in [1.54, 1.807) is 11.6 Å². The second-order valence-electron chi connectivity index (χ2n) is 7.96. The van der Waals surface area contributed by atoms with Crippen molar-refractivity contribution >= 4 is 22.9 Å². The number of methoxy groups -OCH3 is 1. The normalized spacial score (nSPS) is 12.6. The molecule has 1 aliphatic rings. The average molecular weight is 469 g/mol. The summed E-state index contributed by atoms with van der Waals surface area (Å²) in [4.78, 5) is 4.83. The molecule has 2 aromatic heterocycles. The molecule has 0 amide bonds. The van der Waals surface area contributed by atoms with E-state index in [2.05, 4.69) is 17.4 Å². The summed E-state index contributed by atoms with van der Waals surface area (Å²) in [7, 11) is 1.63. The van der Waals surface area contributed by atoms with E-state index in [4.69, 9.17) is 31.2 Å². The zero-order valence-electron chi connectivity index (χ0n) is 18.5. The molecule has 0 unspecified atom stereocenters. The SMILES string of the molecule is COc1c(-c2ccc3c(c2)NCCO3)c(Cl)nc2c(-c3ccccc3)c(-c3ccccc3)nn12. The van der Waals surface area contributed by atoms with Crippen molar-refractivity contribution in [3.05, 3.63) is 84.0 Å². The van der Waals surface area contributed by atoms with Crippen molar-refractivity contribution in [3.8, 4) is 45.1 Å². The molecule has 7 heteroatoms. The third kappa shape index (κ3) is 3.35. The molecule has 3 aromatic carbocycles. The molecule has 0 bridgehead atoms. The van der Waals surface area contributed by atoms with E-state index in [-0.39, 0.29) is 0 Å². The van der Waals surface area contributed by atoms with Crippen molar-refractivity contribution in [2.24, 2.45) is 0 Å². The number of hydrogen-bond donors (Lipinski definition) is 1. The van der Waals surface area contributed by atoms with Gasteiger partial charge in [-0.3, -0.25) is 0 Å². The fourth-order valence-electron chi connectivity index (χ4n) is 4.39. The summed E-state index contributed by atoms with van der Waals surface area (Å²) in [6.07, 6.45) is 0. The van der Waals surface area contributed by atoms with E-state index in [0.29, 0.717) is 28.9 Å². The number of nitrogens with one attached hydrogen (secondary N) is 1. The van der Waals surface area contributed by atoms with Crippen molar-refractivity contribution in [1.82, 2.24) is 14.6 Å². The predicted molar refractivity (Wildman–Crippen MR) is 135 cm³/mol. The highest BCUT2D eigenvalue weighted by molar-refractivity contribution is 6.32. The summed E-state index contributed by atoms with van der Waals surface area (Å²) in [5.74, 6) is 1.34. The number of anilines is 1. The molecule has 1 aliphatic heterocycles. The third-order valence-corrected chi connectivity index (χ3v) is 6.20. The highest BCUT2D eigenvalue weighted by Gasteiger charge is 2.25. The average Bonchev–Trinajstić information content (AvgIpc) is 3.27. The van der Waals surface area contributed by atoms with Gasteiger partial charge in [0, 0.05) is 12.1 Å². The van der Waals surface area contributed by atoms with Crippen LogP contribution in [0.3, 0.4) is 0 Å². The van der Waals surface area contributed by atoms with Crippen LogP contribution in [0.15, 0.2) is 78.9 Å². The molecule has 0 fully saturated rings. The Labute approximate surface area is 201 Å². The first-order valence-corrected chi connectivity index (χ1v) is 11.4. The minimum atomic E-state index is 0.345. The van der Waals surface area contributed by atoms with Crippen LogP contribution in [0.5, 0.6) is 11.6 Å². The molecule has 0 saturated heterocycles. The van der Waals surface area contributed by atoms with E-state index in [1.165, 1.54) is 0 Å². The van der Waals surface area contributed by atoms with Gasteiger partial charge in [-0.2, -0.15) is 9.61 Å². The summed E-state index contributed by atoms with van der Waals surface area (Å²) in [6, 6.07) is 26.1. The van der Waals surface area contributed by atoms with Gasteiger partial charge in [0.25, 0.3) is 0 Å². The van der Waals surface area contributed by atoms with Gasteiger partial charge in [-0.05, 0) is 23.3 Å². The van der Waals surface area contributed by atoms with Gasteiger partial charge in [-0.25, -0.2) is 4.98 Å². The van der Waals surface area contributed by atoms with E-state index < -0.39 is 0 Å². The summed E-state index contributed by atoms with van der Waals surface area (Å²) in [6.45, 7) is 1.39. The molecule has 6 rings (SSSR count). The summed E-state index contributed by atoms with van der Waals surface area (Å²) >= 11 is 6.84. The van der Waals surface area contributed by atoms with Gasteiger partial charge in [-0.15, -0.1) is 0 Å². The first-order chi connectivity index (χ1) is 16.7. The highest BCUT2D eigenvalue weighted by atomic mass is 35.5. The Morgan fingerprint density at radius 3 is 2.38 bits per heavy atom. The van der Waals surface area contributed by atoms with Gasteiger partial charge < -0.3 is 14.8 Å². The highest BCUT2D eigenvalue weighted by Crippen LogP contribution is 2.43. The molecule has 6 nitrogen and oxygen atoms in total. The van der Waals surface area contributed by atoms with Gasteiger partial charge in [0.1, 0.15) is 23.2 Å². The maximum absolute atomic E-state index is 6.84. The lowest BCUT2D eigenvalue weighted by atomic mass is 10.0. The molecular formula is C27H21ClN4O2. The van der Waals surface area contributed by atoms with Crippen LogP contribution in [0.4, 0.5) is 5.69 Å². The van der Waals surface area contributed by atoms with Crippen molar-refractivity contribution in [3.63, 3.8) is 0 Å². The molecule has 0 aliphatic carbocycles. The van der Waals surface area contributed by atoms with Crippen molar-refractivity contribution in [2.45, 2.75) is 0 Å². The van der Waals surface area contributed by atoms with Gasteiger partial charge in [0.05, 0.1) is 23.9 Å². The number of aromatic nitrogens is 3. The molecule has 34 heavy (non-hydrogen) atoms. The minimum Gasteiger partial charge on any atom is -0.490 e. The second kappa shape index (κ2) is 8.39. The van der Waals surface area contributed by atoms with Crippen molar-refractivity contribution < 1.29 is 9.47 Å². The first kappa shape index (κ1) is 20.6. The first-order valence-electron chi connectivity index (χ1n) is 11.0. The molecule has 3 heterocycles. The Morgan fingerprint density at radius 1 is 0.912 bits per heavy atom. The van der Waals surface area contributed by atoms with Crippen LogP contribution in [0.25, 0.3) is 39.2 Å². The van der Waals surface area contributed by atoms with E-state index in [1.807, 2.05) is 66.7 Å². The van der Waals surface area contributed by atoms with Crippen LogP contribution in [0.2, 0.25) is 5.15 Å². The lowest BCUT2D eigenvalue weighted by molar-refractivity contribution is 0.323. The number of ether oxygens (including phenoxy) is 2. The van der Waals surface area contributed by atoms with Crippen LogP contribution in [0.1, 0.15) is 0 Å². The molecule has 0 atom stereocenters. The number of hydrogen-bond acceptors (Lipinski definition) is 5. The van der Waals surface area contributed by atoms with Gasteiger partial charge >= 0.3 is 0 Å². The molecule has 0 spiro atoms. The second-order valence-corrected chi connectivity index (χ2v) is 8.32. The number of fused-ring (bicyclic) bond motifs is 2. The summed E-state index contributed by atoms with van der Waals surface area (Å²) in [5, 5.41) is 8.69. The Morgan fingerprint density at radius 2 is 1.65 bits per heavy atom. The zero-order chi connectivity index (χ0) is 23.1. The van der Waals surface area contributed by atoms with E-state index in [9.17, 15) is 0 Å². The molecule has 168 valence electrons. The smallest absolute Gasteiger partial charge is 0.227 e. The van der Waals surface area contributed by atoms with Crippen molar-refractivity contribution in [1.29, 1.82) is 0 Å². The molecule has 0 saturated carbocycles. The molecular weight excluding hydrogens is 448 g/mol. The topological polar surface area (TPSA) is 60.7 Å². The Bertz CT molecular complexity index is 1500. The largest absolute Gasteiger partial charge is 0.490 e. The molecule has 0 radical (unpaired) electrons. The van der Waals surface area contributed by atoms with Crippen LogP contribution in [0, 0.1) is 0 Å². The number of benzene rings is 3. The Hall–Kier alpha value is -4.03. The van der Waals surface area contributed by atoms with Crippen LogP contribution in [-0.2, 0) is 0 Å². The van der Waals surface area contributed by atoms with Crippen LogP contribution >= 0.6 is 11.6 Å². The van der Waals surface area contributed by atoms with Gasteiger partial charge in [0.2, 0.25) is 5.88 Å². The Kier molecular flexibility index (Phi) is 5.08. The lowest BCUT2D eigenvalue weighted by Gasteiger charge is -2.20. The number of nitrogens with zero attached hydrogens (tertiary/aromatic N) is 3. The van der Waals surface area contributed by atoms with Gasteiger partial charge in [-0.1, -0.05) is 78.3 Å². The Balaban J connectivity index is 1.64. The maximum Gasteiger partial charge on any atom is 0.227 e.